The van der Waals surface area contributed by atoms with Crippen molar-refractivity contribution in [1.82, 2.24) is 5.32 Å². The van der Waals surface area contributed by atoms with Crippen LogP contribution in [0.1, 0.15) is 12.8 Å². The summed E-state index contributed by atoms with van der Waals surface area (Å²) in [5, 5.41) is 3.05. The van der Waals surface area contributed by atoms with Gasteiger partial charge in [-0.15, -0.1) is 0 Å². The fraction of sp³-hybridized carbons (Fsp3) is 0.417. The van der Waals surface area contributed by atoms with Crippen LogP contribution in [-0.2, 0) is 19.1 Å². The molecule has 1 aliphatic rings. The number of nitrogens with one attached hydrogen (secondary N) is 1. The molecule has 0 aromatic heterocycles. The molecule has 0 amide bonds. The third-order valence-electron chi connectivity index (χ3n) is 2.85. The Bertz CT molecular complexity index is 506. The number of carbonyl (C=O) groups excluding carboxylic acids is 1. The molecule has 5 nitrogen and oxygen atoms in total. The van der Waals surface area contributed by atoms with Crippen LogP contribution in [0.3, 0.4) is 0 Å². The van der Waals surface area contributed by atoms with Crippen molar-refractivity contribution in [2.45, 2.75) is 17.7 Å². The summed E-state index contributed by atoms with van der Waals surface area (Å²) in [6.07, 6.45) is 1.52. The Hall–Kier alpha value is -1.40. The highest BCUT2D eigenvalue weighted by Gasteiger charge is 2.27. The Balaban J connectivity index is 2.06. The third kappa shape index (κ3) is 3.08. The van der Waals surface area contributed by atoms with Crippen molar-refractivity contribution in [2.75, 3.05) is 13.1 Å². The zero-order valence-electron chi connectivity index (χ0n) is 9.83. The minimum Gasteiger partial charge on any atom is -0.342 e. The first kappa shape index (κ1) is 13.0. The molecular weight excluding hydrogens is 254 g/mol. The van der Waals surface area contributed by atoms with E-state index >= 15 is 0 Å². The number of piperidine rings is 1. The van der Waals surface area contributed by atoms with E-state index in [-0.39, 0.29) is 10.8 Å². The summed E-state index contributed by atoms with van der Waals surface area (Å²) in [5.74, 6) is -1.05. The van der Waals surface area contributed by atoms with Crippen LogP contribution < -0.4 is 5.32 Å². The van der Waals surface area contributed by atoms with Crippen molar-refractivity contribution in [3.05, 3.63) is 30.3 Å². The van der Waals surface area contributed by atoms with Crippen molar-refractivity contribution in [1.29, 1.82) is 0 Å². The minimum absolute atomic E-state index is 0.00196. The first-order chi connectivity index (χ1) is 8.59. The topological polar surface area (TPSA) is 72.5 Å². The summed E-state index contributed by atoms with van der Waals surface area (Å²) in [6, 6.07) is 7.68. The van der Waals surface area contributed by atoms with E-state index in [1.54, 1.807) is 18.2 Å². The standard InChI is InChI=1S/C12H15NO4S/c14-12(10-5-4-8-13-9-10)17-18(15,16)11-6-2-1-3-7-11/h1-3,6-7,10,13H,4-5,8-9H2. The molecule has 0 aliphatic carbocycles. The van der Waals surface area contributed by atoms with Gasteiger partial charge in [-0.3, -0.25) is 4.79 Å². The molecule has 1 unspecified atom stereocenters. The van der Waals surface area contributed by atoms with Gasteiger partial charge in [0.2, 0.25) is 0 Å². The molecule has 1 fully saturated rings. The predicted molar refractivity (Wildman–Crippen MR) is 65.3 cm³/mol. The second-order valence-corrected chi connectivity index (χ2v) is 5.76. The Labute approximate surface area is 106 Å². The molecule has 1 atom stereocenters. The maximum absolute atomic E-state index is 11.8. The fourth-order valence-electron chi connectivity index (χ4n) is 1.86. The minimum atomic E-state index is -3.99. The number of hydrogen-bond donors (Lipinski definition) is 1. The van der Waals surface area contributed by atoms with Crippen molar-refractivity contribution in [3.8, 4) is 0 Å². The van der Waals surface area contributed by atoms with E-state index in [9.17, 15) is 13.2 Å². The van der Waals surface area contributed by atoms with E-state index in [1.165, 1.54) is 12.1 Å². The lowest BCUT2D eigenvalue weighted by Gasteiger charge is -2.20. The number of carbonyl (C=O) groups is 1. The monoisotopic (exact) mass is 269 g/mol. The normalized spacial score (nSPS) is 20.3. The predicted octanol–water partition coefficient (Wildman–Crippen LogP) is 0.918. The Morgan fingerprint density at radius 2 is 2.00 bits per heavy atom. The van der Waals surface area contributed by atoms with Crippen LogP contribution in [0.4, 0.5) is 0 Å². The molecule has 2 rings (SSSR count). The average molecular weight is 269 g/mol. The van der Waals surface area contributed by atoms with E-state index in [2.05, 4.69) is 9.50 Å². The molecule has 0 spiro atoms. The maximum atomic E-state index is 11.8. The second kappa shape index (κ2) is 5.49. The van der Waals surface area contributed by atoms with Gasteiger partial charge in [0.25, 0.3) is 0 Å². The summed E-state index contributed by atoms with van der Waals surface area (Å²) >= 11 is 0. The molecule has 0 radical (unpaired) electrons. The quantitative estimate of drug-likeness (QED) is 0.826. The average Bonchev–Trinajstić information content (AvgIpc) is 2.40. The largest absolute Gasteiger partial charge is 0.342 e. The van der Waals surface area contributed by atoms with E-state index in [0.29, 0.717) is 13.0 Å². The summed E-state index contributed by atoms with van der Waals surface area (Å²) in [6.45, 7) is 1.33. The number of rotatable bonds is 3. The van der Waals surface area contributed by atoms with Crippen molar-refractivity contribution >= 4 is 16.1 Å². The second-order valence-electron chi connectivity index (χ2n) is 4.21. The van der Waals surface area contributed by atoms with Crippen LogP contribution in [0, 0.1) is 5.92 Å². The van der Waals surface area contributed by atoms with Crippen LogP contribution in [0.5, 0.6) is 0 Å². The molecule has 1 aliphatic heterocycles. The Morgan fingerprint density at radius 3 is 2.61 bits per heavy atom. The zero-order chi connectivity index (χ0) is 13.0. The maximum Gasteiger partial charge on any atom is 0.341 e. The molecule has 1 N–H and O–H groups in total. The Morgan fingerprint density at radius 1 is 1.28 bits per heavy atom. The summed E-state index contributed by atoms with van der Waals surface area (Å²) in [4.78, 5) is 11.7. The molecule has 1 aromatic rings. The molecule has 1 heterocycles. The Kier molecular flexibility index (Phi) is 3.98. The molecule has 98 valence electrons. The van der Waals surface area contributed by atoms with Gasteiger partial charge in [-0.1, -0.05) is 18.2 Å². The lowest BCUT2D eigenvalue weighted by atomic mass is 10.0. The molecular formula is C12H15NO4S. The molecule has 1 aromatic carbocycles. The molecule has 18 heavy (non-hydrogen) atoms. The van der Waals surface area contributed by atoms with Crippen molar-refractivity contribution < 1.29 is 17.4 Å². The van der Waals surface area contributed by atoms with Gasteiger partial charge >= 0.3 is 16.1 Å². The highest BCUT2D eigenvalue weighted by atomic mass is 32.2. The van der Waals surface area contributed by atoms with Gasteiger partial charge in [-0.25, -0.2) is 0 Å². The van der Waals surface area contributed by atoms with Gasteiger partial charge < -0.3 is 9.50 Å². The van der Waals surface area contributed by atoms with Gasteiger partial charge in [0.1, 0.15) is 4.90 Å². The van der Waals surface area contributed by atoms with Crippen molar-refractivity contribution in [3.63, 3.8) is 0 Å². The van der Waals surface area contributed by atoms with Gasteiger partial charge in [0, 0.05) is 6.54 Å². The van der Waals surface area contributed by atoms with E-state index in [4.69, 9.17) is 0 Å². The van der Waals surface area contributed by atoms with Gasteiger partial charge in [0.15, 0.2) is 0 Å². The van der Waals surface area contributed by atoms with Gasteiger partial charge in [-0.05, 0) is 31.5 Å². The first-order valence-corrected chi connectivity index (χ1v) is 7.24. The fourth-order valence-corrected chi connectivity index (χ4v) is 2.80. The smallest absolute Gasteiger partial charge is 0.341 e. The summed E-state index contributed by atoms with van der Waals surface area (Å²) in [7, 11) is -3.99. The van der Waals surface area contributed by atoms with Crippen LogP contribution >= 0.6 is 0 Å². The lowest BCUT2D eigenvalue weighted by Crippen LogP contribution is -2.36. The van der Waals surface area contributed by atoms with Crippen LogP contribution in [0.2, 0.25) is 0 Å². The van der Waals surface area contributed by atoms with E-state index in [0.717, 1.165) is 13.0 Å². The first-order valence-electron chi connectivity index (χ1n) is 5.84. The number of hydrogen-bond acceptors (Lipinski definition) is 5. The van der Waals surface area contributed by atoms with Crippen LogP contribution in [-0.4, -0.2) is 27.5 Å². The zero-order valence-corrected chi connectivity index (χ0v) is 10.7. The molecule has 6 heteroatoms. The van der Waals surface area contributed by atoms with Crippen LogP contribution in [0.25, 0.3) is 0 Å². The lowest BCUT2D eigenvalue weighted by molar-refractivity contribution is -0.138. The van der Waals surface area contributed by atoms with Gasteiger partial charge in [-0.2, -0.15) is 8.42 Å². The molecule has 1 saturated heterocycles. The number of benzene rings is 1. The summed E-state index contributed by atoms with van der Waals surface area (Å²) < 4.78 is 28.3. The third-order valence-corrected chi connectivity index (χ3v) is 4.09. The summed E-state index contributed by atoms with van der Waals surface area (Å²) in [5.41, 5.74) is 0. The molecule has 0 saturated carbocycles. The highest BCUT2D eigenvalue weighted by molar-refractivity contribution is 7.87. The molecule has 0 bridgehead atoms. The highest BCUT2D eigenvalue weighted by Crippen LogP contribution is 2.17. The SMILES string of the molecule is O=C(OS(=O)(=O)c1ccccc1)C1CCCNC1. The van der Waals surface area contributed by atoms with Crippen LogP contribution in [0.15, 0.2) is 35.2 Å². The van der Waals surface area contributed by atoms with Gasteiger partial charge in [0.05, 0.1) is 5.92 Å². The van der Waals surface area contributed by atoms with Crippen molar-refractivity contribution in [2.24, 2.45) is 5.92 Å². The van der Waals surface area contributed by atoms with E-state index in [1.807, 2.05) is 0 Å². The van der Waals surface area contributed by atoms with E-state index < -0.39 is 16.1 Å².